The summed E-state index contributed by atoms with van der Waals surface area (Å²) in [5.74, 6) is 0. The predicted octanol–water partition coefficient (Wildman–Crippen LogP) is 0.318. The molecule has 0 radical (unpaired) electrons. The van der Waals surface area contributed by atoms with Crippen molar-refractivity contribution in [2.24, 2.45) is 0 Å². The molecule has 0 saturated carbocycles. The Morgan fingerprint density at radius 3 is 2.50 bits per heavy atom. The van der Waals surface area contributed by atoms with E-state index in [1.807, 2.05) is 11.4 Å². The standard InChI is InChI=1S/C3H3NS.H2O/c1-2-4-5-3-1;/h1-3H;1H2. The van der Waals surface area contributed by atoms with Gasteiger partial charge in [0.15, 0.2) is 0 Å². The van der Waals surface area contributed by atoms with Gasteiger partial charge in [0.1, 0.15) is 0 Å². The first-order valence-corrected chi connectivity index (χ1v) is 2.18. The molecule has 0 aromatic carbocycles. The van der Waals surface area contributed by atoms with Crippen molar-refractivity contribution in [3.63, 3.8) is 0 Å². The van der Waals surface area contributed by atoms with Crippen molar-refractivity contribution < 1.29 is 5.48 Å². The van der Waals surface area contributed by atoms with Gasteiger partial charge in [-0.2, -0.15) is 0 Å². The molecule has 3 heteroatoms. The molecule has 1 aromatic heterocycles. The number of hydrogen-bond acceptors (Lipinski definition) is 2. The molecule has 0 fully saturated rings. The van der Waals surface area contributed by atoms with Crippen LogP contribution in [-0.4, -0.2) is 9.85 Å². The van der Waals surface area contributed by atoms with Gasteiger partial charge >= 0.3 is 0 Å². The smallest absolute Gasteiger partial charge is 0.0406 e. The molecule has 0 aliphatic carbocycles. The molecular formula is C3H5NOS. The molecule has 0 atom stereocenters. The molecule has 2 nitrogen and oxygen atoms in total. The first kappa shape index (κ1) is 5.59. The van der Waals surface area contributed by atoms with E-state index in [2.05, 4.69) is 4.37 Å². The second kappa shape index (κ2) is 2.81. The maximum absolute atomic E-state index is 3.76. The molecule has 0 spiro atoms. The van der Waals surface area contributed by atoms with E-state index in [4.69, 9.17) is 0 Å². The van der Waals surface area contributed by atoms with E-state index in [9.17, 15) is 0 Å². The summed E-state index contributed by atoms with van der Waals surface area (Å²) in [6.45, 7) is 0. The van der Waals surface area contributed by atoms with E-state index in [0.29, 0.717) is 0 Å². The van der Waals surface area contributed by atoms with E-state index in [1.165, 1.54) is 11.5 Å². The van der Waals surface area contributed by atoms with Gasteiger partial charge in [0.25, 0.3) is 0 Å². The van der Waals surface area contributed by atoms with Crippen LogP contribution in [0.25, 0.3) is 0 Å². The molecule has 0 saturated heterocycles. The summed E-state index contributed by atoms with van der Waals surface area (Å²) in [7, 11) is 0. The van der Waals surface area contributed by atoms with Crippen molar-refractivity contribution in [2.45, 2.75) is 0 Å². The van der Waals surface area contributed by atoms with Crippen molar-refractivity contribution in [3.05, 3.63) is 17.6 Å². The minimum Gasteiger partial charge on any atom is -0.412 e. The number of aromatic nitrogens is 1. The lowest BCUT2D eigenvalue weighted by atomic mass is 10.8. The fourth-order valence-corrected chi connectivity index (χ4v) is 0.527. The van der Waals surface area contributed by atoms with Gasteiger partial charge in [-0.25, -0.2) is 4.37 Å². The lowest BCUT2D eigenvalue weighted by molar-refractivity contribution is 0.824. The quantitative estimate of drug-likeness (QED) is 0.466. The van der Waals surface area contributed by atoms with Gasteiger partial charge in [-0.1, -0.05) is 0 Å². The maximum atomic E-state index is 3.76. The fourth-order valence-electron chi connectivity index (χ4n) is 0.176. The summed E-state index contributed by atoms with van der Waals surface area (Å²) >= 11 is 1.46. The predicted molar refractivity (Wildman–Crippen MR) is 25.7 cm³/mol. The van der Waals surface area contributed by atoms with Crippen LogP contribution in [0, 0.1) is 0 Å². The van der Waals surface area contributed by atoms with Crippen molar-refractivity contribution in [1.82, 2.24) is 4.37 Å². The van der Waals surface area contributed by atoms with E-state index in [0.717, 1.165) is 0 Å². The van der Waals surface area contributed by atoms with E-state index < -0.39 is 0 Å². The lowest BCUT2D eigenvalue weighted by Gasteiger charge is -1.41. The van der Waals surface area contributed by atoms with Crippen LogP contribution in [-0.2, 0) is 0 Å². The highest BCUT2D eigenvalue weighted by Crippen LogP contribution is 1.83. The van der Waals surface area contributed by atoms with Gasteiger partial charge in [-0.05, 0) is 17.6 Å². The summed E-state index contributed by atoms with van der Waals surface area (Å²) in [6.07, 6.45) is 1.77. The van der Waals surface area contributed by atoms with Crippen LogP contribution in [0.4, 0.5) is 0 Å². The minimum atomic E-state index is 0. The Morgan fingerprint density at radius 1 is 1.50 bits per heavy atom. The fraction of sp³-hybridized carbons (Fsp3) is 0. The van der Waals surface area contributed by atoms with Gasteiger partial charge in [0.2, 0.25) is 0 Å². The molecule has 0 unspecified atom stereocenters. The van der Waals surface area contributed by atoms with Crippen LogP contribution in [0.2, 0.25) is 0 Å². The highest BCUT2D eigenvalue weighted by Gasteiger charge is 1.59. The Hall–Kier alpha value is -0.410. The van der Waals surface area contributed by atoms with Crippen LogP contribution >= 0.6 is 11.5 Å². The van der Waals surface area contributed by atoms with E-state index in [-0.39, 0.29) is 5.48 Å². The molecule has 0 aliphatic heterocycles. The van der Waals surface area contributed by atoms with Gasteiger partial charge in [-0.3, -0.25) is 0 Å². The summed E-state index contributed by atoms with van der Waals surface area (Å²) in [4.78, 5) is 0. The number of nitrogens with zero attached hydrogens (tertiary/aromatic N) is 1. The normalized spacial score (nSPS) is 6.67. The summed E-state index contributed by atoms with van der Waals surface area (Å²) < 4.78 is 3.76. The third-order valence-electron chi connectivity index (χ3n) is 0.347. The van der Waals surface area contributed by atoms with Crippen LogP contribution in [0.3, 0.4) is 0 Å². The number of rotatable bonds is 0. The van der Waals surface area contributed by atoms with Crippen LogP contribution in [0.5, 0.6) is 0 Å². The van der Waals surface area contributed by atoms with Crippen molar-refractivity contribution >= 4 is 11.5 Å². The Morgan fingerprint density at radius 2 is 2.33 bits per heavy atom. The number of hydrogen-bond donors (Lipinski definition) is 0. The Balaban J connectivity index is 0.000000250. The average Bonchev–Trinajstić information content (AvgIpc) is 1.76. The second-order valence-corrected chi connectivity index (χ2v) is 1.38. The zero-order chi connectivity index (χ0) is 3.54. The zero-order valence-electron chi connectivity index (χ0n) is 3.09. The minimum absolute atomic E-state index is 0. The van der Waals surface area contributed by atoms with Crippen LogP contribution < -0.4 is 0 Å². The third-order valence-corrected chi connectivity index (χ3v) is 0.869. The molecule has 0 aliphatic rings. The topological polar surface area (TPSA) is 44.4 Å². The second-order valence-electron chi connectivity index (χ2n) is 0.688. The molecule has 0 amide bonds. The molecule has 2 N–H and O–H groups in total. The molecular weight excluding hydrogens is 98.1 g/mol. The summed E-state index contributed by atoms with van der Waals surface area (Å²) in [5, 5.41) is 1.93. The molecule has 0 bridgehead atoms. The van der Waals surface area contributed by atoms with Gasteiger partial charge < -0.3 is 5.48 Å². The first-order chi connectivity index (χ1) is 2.50. The van der Waals surface area contributed by atoms with E-state index in [1.54, 1.807) is 6.20 Å². The molecule has 34 valence electrons. The van der Waals surface area contributed by atoms with Gasteiger partial charge in [0, 0.05) is 11.6 Å². The third kappa shape index (κ3) is 1.14. The Bertz CT molecular complexity index is 67.3. The Labute approximate surface area is 39.9 Å². The highest BCUT2D eigenvalue weighted by molar-refractivity contribution is 7.03. The highest BCUT2D eigenvalue weighted by atomic mass is 32.1. The first-order valence-electron chi connectivity index (χ1n) is 1.34. The Kier molecular flexibility index (Phi) is 2.62. The van der Waals surface area contributed by atoms with Crippen LogP contribution in [0.15, 0.2) is 17.6 Å². The van der Waals surface area contributed by atoms with Crippen LogP contribution in [0.1, 0.15) is 0 Å². The van der Waals surface area contributed by atoms with Gasteiger partial charge in [-0.15, -0.1) is 0 Å². The monoisotopic (exact) mass is 103 g/mol. The molecule has 1 aromatic rings. The van der Waals surface area contributed by atoms with Gasteiger partial charge in [0.05, 0.1) is 0 Å². The average molecular weight is 103 g/mol. The summed E-state index contributed by atoms with van der Waals surface area (Å²) in [5.41, 5.74) is 0. The maximum Gasteiger partial charge on any atom is 0.0406 e. The SMILES string of the molecule is O.c1cnsc1. The van der Waals surface area contributed by atoms with E-state index >= 15 is 0 Å². The molecule has 6 heavy (non-hydrogen) atoms. The molecule has 1 heterocycles. The molecule has 1 rings (SSSR count). The lowest BCUT2D eigenvalue weighted by Crippen LogP contribution is -1.32. The van der Waals surface area contributed by atoms with Crippen molar-refractivity contribution in [1.29, 1.82) is 0 Å². The zero-order valence-corrected chi connectivity index (χ0v) is 3.90. The van der Waals surface area contributed by atoms with Crippen molar-refractivity contribution in [2.75, 3.05) is 0 Å². The van der Waals surface area contributed by atoms with Crippen molar-refractivity contribution in [3.8, 4) is 0 Å². The summed E-state index contributed by atoms with van der Waals surface area (Å²) in [6, 6.07) is 1.91. The largest absolute Gasteiger partial charge is 0.412 e.